The molecule has 2 aromatic rings. The standard InChI is InChI=1S/C13H14N2O2/c16-12(17)7-3-5-10-4-1-2-6-11(10)13-14-8-9-15-13/h1-2,4,6,8-9H,3,5,7H2,(H,14,15)(H,16,17). The van der Waals surface area contributed by atoms with Crippen LogP contribution < -0.4 is 0 Å². The first-order valence-electron chi connectivity index (χ1n) is 5.57. The smallest absolute Gasteiger partial charge is 0.303 e. The van der Waals surface area contributed by atoms with Crippen molar-refractivity contribution in [2.45, 2.75) is 19.3 Å². The molecule has 2 rings (SSSR count). The van der Waals surface area contributed by atoms with Gasteiger partial charge in [0, 0.05) is 24.4 Å². The van der Waals surface area contributed by atoms with Crippen molar-refractivity contribution < 1.29 is 9.90 Å². The number of aromatic amines is 1. The topological polar surface area (TPSA) is 66.0 Å². The molecule has 4 heteroatoms. The highest BCUT2D eigenvalue weighted by molar-refractivity contribution is 5.66. The molecule has 1 heterocycles. The van der Waals surface area contributed by atoms with E-state index in [9.17, 15) is 4.79 Å². The highest BCUT2D eigenvalue weighted by Crippen LogP contribution is 2.21. The maximum absolute atomic E-state index is 10.5. The Morgan fingerprint density at radius 3 is 2.88 bits per heavy atom. The van der Waals surface area contributed by atoms with Gasteiger partial charge in [0.2, 0.25) is 0 Å². The molecule has 0 unspecified atom stereocenters. The van der Waals surface area contributed by atoms with E-state index in [0.29, 0.717) is 6.42 Å². The van der Waals surface area contributed by atoms with E-state index >= 15 is 0 Å². The van der Waals surface area contributed by atoms with E-state index in [0.717, 1.165) is 23.4 Å². The minimum absolute atomic E-state index is 0.201. The van der Waals surface area contributed by atoms with Gasteiger partial charge in [-0.1, -0.05) is 24.3 Å². The van der Waals surface area contributed by atoms with Crippen molar-refractivity contribution >= 4 is 5.97 Å². The normalized spacial score (nSPS) is 10.4. The number of nitrogens with one attached hydrogen (secondary N) is 1. The lowest BCUT2D eigenvalue weighted by molar-refractivity contribution is -0.137. The van der Waals surface area contributed by atoms with Crippen LogP contribution in [-0.4, -0.2) is 21.0 Å². The second-order valence-electron chi connectivity index (χ2n) is 3.84. The Bertz CT molecular complexity index is 492. The zero-order chi connectivity index (χ0) is 12.1. The summed E-state index contributed by atoms with van der Waals surface area (Å²) in [6, 6.07) is 7.93. The van der Waals surface area contributed by atoms with E-state index in [4.69, 9.17) is 5.11 Å². The fourth-order valence-corrected chi connectivity index (χ4v) is 1.81. The van der Waals surface area contributed by atoms with E-state index in [1.54, 1.807) is 12.4 Å². The van der Waals surface area contributed by atoms with E-state index in [1.165, 1.54) is 0 Å². The van der Waals surface area contributed by atoms with Crippen molar-refractivity contribution in [1.29, 1.82) is 0 Å². The summed E-state index contributed by atoms with van der Waals surface area (Å²) in [7, 11) is 0. The number of H-pyrrole nitrogens is 1. The Hall–Kier alpha value is -2.10. The molecular weight excluding hydrogens is 216 g/mol. The molecule has 0 amide bonds. The number of benzene rings is 1. The molecule has 4 nitrogen and oxygen atoms in total. The Kier molecular flexibility index (Phi) is 3.55. The lowest BCUT2D eigenvalue weighted by Crippen LogP contribution is -1.97. The number of nitrogens with zero attached hydrogens (tertiary/aromatic N) is 1. The van der Waals surface area contributed by atoms with Crippen molar-refractivity contribution in [3.05, 3.63) is 42.2 Å². The highest BCUT2D eigenvalue weighted by atomic mass is 16.4. The van der Waals surface area contributed by atoms with Gasteiger partial charge in [0.25, 0.3) is 0 Å². The van der Waals surface area contributed by atoms with Gasteiger partial charge < -0.3 is 10.1 Å². The zero-order valence-corrected chi connectivity index (χ0v) is 9.39. The number of hydrogen-bond acceptors (Lipinski definition) is 2. The Labute approximate surface area is 99.3 Å². The van der Waals surface area contributed by atoms with Gasteiger partial charge >= 0.3 is 5.97 Å². The molecule has 1 aromatic heterocycles. The Balaban J connectivity index is 2.14. The first-order valence-corrected chi connectivity index (χ1v) is 5.57. The van der Waals surface area contributed by atoms with Crippen LogP contribution in [0.5, 0.6) is 0 Å². The largest absolute Gasteiger partial charge is 0.481 e. The van der Waals surface area contributed by atoms with E-state index in [2.05, 4.69) is 9.97 Å². The summed E-state index contributed by atoms with van der Waals surface area (Å²) in [6.45, 7) is 0. The molecule has 17 heavy (non-hydrogen) atoms. The van der Waals surface area contributed by atoms with E-state index < -0.39 is 5.97 Å². The minimum Gasteiger partial charge on any atom is -0.481 e. The number of aryl methyl sites for hydroxylation is 1. The predicted octanol–water partition coefficient (Wildman–Crippen LogP) is 2.48. The van der Waals surface area contributed by atoms with Crippen LogP contribution in [0.4, 0.5) is 0 Å². The van der Waals surface area contributed by atoms with Gasteiger partial charge in [0.1, 0.15) is 5.82 Å². The summed E-state index contributed by atoms with van der Waals surface area (Å²) < 4.78 is 0. The molecule has 0 radical (unpaired) electrons. The summed E-state index contributed by atoms with van der Waals surface area (Å²) in [5.74, 6) is 0.0800. The molecule has 0 atom stereocenters. The first-order chi connectivity index (χ1) is 8.27. The predicted molar refractivity (Wildman–Crippen MR) is 64.6 cm³/mol. The van der Waals surface area contributed by atoms with Crippen molar-refractivity contribution in [1.82, 2.24) is 9.97 Å². The van der Waals surface area contributed by atoms with E-state index in [1.807, 2.05) is 24.3 Å². The Morgan fingerprint density at radius 2 is 2.18 bits per heavy atom. The van der Waals surface area contributed by atoms with Crippen LogP contribution in [0.1, 0.15) is 18.4 Å². The van der Waals surface area contributed by atoms with Crippen LogP contribution in [-0.2, 0) is 11.2 Å². The molecule has 1 aromatic carbocycles. The number of carboxylic acid groups (broad SMARTS) is 1. The highest BCUT2D eigenvalue weighted by Gasteiger charge is 2.06. The van der Waals surface area contributed by atoms with Crippen LogP contribution in [0.25, 0.3) is 11.4 Å². The van der Waals surface area contributed by atoms with Gasteiger partial charge in [-0.2, -0.15) is 0 Å². The lowest BCUT2D eigenvalue weighted by Gasteiger charge is -2.06. The molecule has 88 valence electrons. The summed E-state index contributed by atoms with van der Waals surface area (Å²) >= 11 is 0. The first kappa shape index (κ1) is 11.4. The number of aliphatic carboxylic acids is 1. The quantitative estimate of drug-likeness (QED) is 0.829. The summed E-state index contributed by atoms with van der Waals surface area (Å²) in [4.78, 5) is 17.8. The summed E-state index contributed by atoms with van der Waals surface area (Å²) in [5.41, 5.74) is 2.17. The molecule has 0 aliphatic heterocycles. The molecule has 0 saturated carbocycles. The van der Waals surface area contributed by atoms with Gasteiger partial charge in [-0.15, -0.1) is 0 Å². The SMILES string of the molecule is O=C(O)CCCc1ccccc1-c1ncc[nH]1. The van der Waals surface area contributed by atoms with Gasteiger partial charge in [-0.25, -0.2) is 4.98 Å². The Morgan fingerprint density at radius 1 is 1.35 bits per heavy atom. The van der Waals surface area contributed by atoms with Crippen LogP contribution in [0.15, 0.2) is 36.7 Å². The zero-order valence-electron chi connectivity index (χ0n) is 9.39. The molecule has 0 aliphatic rings. The van der Waals surface area contributed by atoms with Gasteiger partial charge in [0.15, 0.2) is 0 Å². The fourth-order valence-electron chi connectivity index (χ4n) is 1.81. The lowest BCUT2D eigenvalue weighted by atomic mass is 10.0. The van der Waals surface area contributed by atoms with Gasteiger partial charge in [-0.05, 0) is 18.4 Å². The van der Waals surface area contributed by atoms with Crippen molar-refractivity contribution in [3.63, 3.8) is 0 Å². The second kappa shape index (κ2) is 5.30. The maximum atomic E-state index is 10.5. The molecule has 2 N–H and O–H groups in total. The number of imidazole rings is 1. The van der Waals surface area contributed by atoms with Gasteiger partial charge in [0.05, 0.1) is 0 Å². The average Bonchev–Trinajstić information content (AvgIpc) is 2.82. The molecular formula is C13H14N2O2. The minimum atomic E-state index is -0.750. The number of carbonyl (C=O) groups is 1. The van der Waals surface area contributed by atoms with Crippen LogP contribution in [0.3, 0.4) is 0 Å². The summed E-state index contributed by atoms with van der Waals surface area (Å²) in [5, 5.41) is 8.63. The van der Waals surface area contributed by atoms with Crippen LogP contribution in [0.2, 0.25) is 0 Å². The van der Waals surface area contributed by atoms with Crippen LogP contribution in [0, 0.1) is 0 Å². The number of rotatable bonds is 5. The fraction of sp³-hybridized carbons (Fsp3) is 0.231. The maximum Gasteiger partial charge on any atom is 0.303 e. The van der Waals surface area contributed by atoms with Crippen molar-refractivity contribution in [2.24, 2.45) is 0 Å². The average molecular weight is 230 g/mol. The van der Waals surface area contributed by atoms with Crippen molar-refractivity contribution in [3.8, 4) is 11.4 Å². The summed E-state index contributed by atoms with van der Waals surface area (Å²) in [6.07, 6.45) is 5.09. The molecule has 0 saturated heterocycles. The number of hydrogen-bond donors (Lipinski definition) is 2. The third-order valence-electron chi connectivity index (χ3n) is 2.61. The van der Waals surface area contributed by atoms with Crippen molar-refractivity contribution in [2.75, 3.05) is 0 Å². The van der Waals surface area contributed by atoms with Gasteiger partial charge in [-0.3, -0.25) is 4.79 Å². The molecule has 0 bridgehead atoms. The third kappa shape index (κ3) is 2.93. The monoisotopic (exact) mass is 230 g/mol. The van der Waals surface area contributed by atoms with E-state index in [-0.39, 0.29) is 6.42 Å². The number of aromatic nitrogens is 2. The number of carboxylic acids is 1. The molecule has 0 aliphatic carbocycles. The second-order valence-corrected chi connectivity index (χ2v) is 3.84. The molecule has 0 fully saturated rings. The third-order valence-corrected chi connectivity index (χ3v) is 2.61. The van der Waals surface area contributed by atoms with Crippen LogP contribution >= 0.6 is 0 Å². The molecule has 0 spiro atoms.